The van der Waals surface area contributed by atoms with Crippen LogP contribution in [0, 0.1) is 12.8 Å². The molecule has 0 spiro atoms. The van der Waals surface area contributed by atoms with E-state index in [1.54, 1.807) is 0 Å². The maximum atomic E-state index is 10.7. The van der Waals surface area contributed by atoms with E-state index in [0.717, 1.165) is 0 Å². The summed E-state index contributed by atoms with van der Waals surface area (Å²) in [6.07, 6.45) is 7.66. The van der Waals surface area contributed by atoms with Crippen molar-refractivity contribution in [1.82, 2.24) is 0 Å². The molecule has 0 amide bonds. The van der Waals surface area contributed by atoms with Crippen molar-refractivity contribution >= 4 is 21.7 Å². The lowest BCUT2D eigenvalue weighted by molar-refractivity contribution is -0.143. The lowest BCUT2D eigenvalue weighted by atomic mass is 9.53. The summed E-state index contributed by atoms with van der Waals surface area (Å²) in [4.78, 5) is 10.7. The predicted octanol–water partition coefficient (Wildman–Crippen LogP) is -1.00. The summed E-state index contributed by atoms with van der Waals surface area (Å²) in [6.45, 7) is -0.220. The fourth-order valence-corrected chi connectivity index (χ4v) is 0.865. The number of aliphatic hydroxyl groups excluding tert-OH is 1. The lowest BCUT2D eigenvalue weighted by Crippen LogP contribution is -2.18. The number of carbonyl (C=O) groups is 1. The van der Waals surface area contributed by atoms with Crippen molar-refractivity contribution in [3.8, 4) is 12.8 Å². The zero-order chi connectivity index (χ0) is 9.78. The molecular weight excluding hydrogens is 154 g/mol. The van der Waals surface area contributed by atoms with Crippen molar-refractivity contribution in [3.63, 3.8) is 0 Å². The van der Waals surface area contributed by atoms with E-state index < -0.39 is 17.3 Å². The van der Waals surface area contributed by atoms with Gasteiger partial charge in [-0.2, -0.15) is 0 Å². The first-order chi connectivity index (χ1) is 5.56. The molecule has 1 heterocycles. The Morgan fingerprint density at radius 2 is 2.17 bits per heavy atom. The van der Waals surface area contributed by atoms with Gasteiger partial charge < -0.3 is 9.84 Å². The zero-order valence-corrected chi connectivity index (χ0v) is 6.56. The minimum absolute atomic E-state index is 0.183. The molecule has 12 heavy (non-hydrogen) atoms. The van der Waals surface area contributed by atoms with E-state index in [9.17, 15) is 4.79 Å². The van der Waals surface area contributed by atoms with E-state index in [4.69, 9.17) is 20.8 Å². The van der Waals surface area contributed by atoms with Gasteiger partial charge in [0.25, 0.3) is 5.97 Å². The second kappa shape index (κ2) is 4.22. The number of hydrogen-bond donors (Lipinski definition) is 1. The van der Waals surface area contributed by atoms with Crippen LogP contribution in [0.4, 0.5) is 0 Å². The van der Waals surface area contributed by atoms with Crippen molar-refractivity contribution in [2.45, 2.75) is 17.7 Å². The number of cyclic esters (lactones) is 1. The number of rotatable bonds is 1. The highest BCUT2D eigenvalue weighted by Gasteiger charge is 2.39. The Hall–Kier alpha value is -0.880. The normalized spacial score (nSPS) is 25.2. The van der Waals surface area contributed by atoms with Crippen LogP contribution in [0.5, 0.6) is 0 Å². The second-order valence-corrected chi connectivity index (χ2v) is 2.45. The smallest absolute Gasteiger partial charge is 0.295 e. The van der Waals surface area contributed by atoms with Crippen LogP contribution in [0.1, 0.15) is 6.42 Å². The first kappa shape index (κ1) is 11.1. The molecule has 0 aromatic heterocycles. The number of terminal acetylenes is 1. The van der Waals surface area contributed by atoms with Crippen LogP contribution in [0.3, 0.4) is 0 Å². The molecule has 1 N–H and O–H groups in total. The quantitative estimate of drug-likeness (QED) is 0.305. The zero-order valence-electron chi connectivity index (χ0n) is 6.56. The Balaban J connectivity index is 0.000000561. The number of esters is 1. The largest absolute Gasteiger partial charge is 0.461 e. The molecule has 0 bridgehead atoms. The molecule has 5 heteroatoms. The van der Waals surface area contributed by atoms with Crippen molar-refractivity contribution in [1.29, 1.82) is 0 Å². The van der Waals surface area contributed by atoms with Crippen LogP contribution in [-0.2, 0) is 9.53 Å². The molecule has 0 aromatic rings. The maximum Gasteiger partial charge on any atom is 0.295 e. The standard InChI is InChI=1S/C5H6B2O3.C2H2/c6-5(7)1-3(2-8)10-4(5)9;1-2/h3,8H,1-2H2;1-2H. The molecule has 4 radical (unpaired) electrons. The highest BCUT2D eigenvalue weighted by molar-refractivity contribution is 6.50. The molecule has 1 saturated heterocycles. The monoisotopic (exact) mass is 162 g/mol. The number of aliphatic hydroxyl groups is 1. The minimum Gasteiger partial charge on any atom is -0.461 e. The van der Waals surface area contributed by atoms with Gasteiger partial charge >= 0.3 is 0 Å². The van der Waals surface area contributed by atoms with Crippen LogP contribution < -0.4 is 0 Å². The molecule has 1 aliphatic rings. The Kier molecular flexibility index (Phi) is 3.91. The average molecular weight is 162 g/mol. The van der Waals surface area contributed by atoms with Crippen LogP contribution in [-0.4, -0.2) is 39.5 Å². The molecule has 0 aliphatic carbocycles. The van der Waals surface area contributed by atoms with E-state index in [1.807, 2.05) is 0 Å². The van der Waals surface area contributed by atoms with Gasteiger partial charge in [-0.1, -0.05) is 0 Å². The van der Waals surface area contributed by atoms with Crippen LogP contribution >= 0.6 is 0 Å². The summed E-state index contributed by atoms with van der Waals surface area (Å²) < 4.78 is 4.59. The van der Waals surface area contributed by atoms with Gasteiger partial charge in [0.05, 0.1) is 22.3 Å². The van der Waals surface area contributed by atoms with E-state index in [0.29, 0.717) is 0 Å². The van der Waals surface area contributed by atoms with Crippen LogP contribution in [0.15, 0.2) is 0 Å². The molecule has 0 aromatic carbocycles. The summed E-state index contributed by atoms with van der Waals surface area (Å²) in [5.74, 6) is -0.647. The van der Waals surface area contributed by atoms with Crippen LogP contribution in [0.25, 0.3) is 0 Å². The van der Waals surface area contributed by atoms with Gasteiger partial charge in [0.15, 0.2) is 0 Å². The van der Waals surface area contributed by atoms with Gasteiger partial charge in [0.2, 0.25) is 0 Å². The number of hydrogen-bond acceptors (Lipinski definition) is 3. The molecular formula is C7H8B2O3. The summed E-state index contributed by atoms with van der Waals surface area (Å²) in [7, 11) is 10.6. The van der Waals surface area contributed by atoms with Gasteiger partial charge in [-0.3, -0.25) is 4.79 Å². The topological polar surface area (TPSA) is 46.5 Å². The Morgan fingerprint density at radius 3 is 2.33 bits per heavy atom. The maximum absolute atomic E-state index is 10.7. The molecule has 1 aliphatic heterocycles. The highest BCUT2D eigenvalue weighted by atomic mass is 16.6. The number of ether oxygens (including phenoxy) is 1. The first-order valence-electron chi connectivity index (χ1n) is 3.29. The molecule has 1 atom stereocenters. The Bertz CT molecular complexity index is 188. The SMILES string of the molecule is C#C.[B]C1([B])CC(CO)OC1=O. The summed E-state index contributed by atoms with van der Waals surface area (Å²) in [5, 5.41) is 7.13. The summed E-state index contributed by atoms with van der Waals surface area (Å²) in [6, 6.07) is 0. The highest BCUT2D eigenvalue weighted by Crippen LogP contribution is 2.33. The number of carbonyl (C=O) groups excluding carboxylic acids is 1. The lowest BCUT2D eigenvalue weighted by Gasteiger charge is -2.09. The molecule has 0 saturated carbocycles. The van der Waals surface area contributed by atoms with E-state index in [2.05, 4.69) is 17.6 Å². The second-order valence-electron chi connectivity index (χ2n) is 2.45. The fraction of sp³-hybridized carbons (Fsp3) is 0.571. The van der Waals surface area contributed by atoms with Crippen molar-refractivity contribution in [2.24, 2.45) is 0 Å². The average Bonchev–Trinajstić information content (AvgIpc) is 2.30. The van der Waals surface area contributed by atoms with E-state index >= 15 is 0 Å². The third-order valence-corrected chi connectivity index (χ3v) is 1.42. The fourth-order valence-electron chi connectivity index (χ4n) is 0.865. The van der Waals surface area contributed by atoms with Gasteiger partial charge in [0.1, 0.15) is 6.10 Å². The molecule has 3 nitrogen and oxygen atoms in total. The van der Waals surface area contributed by atoms with Crippen molar-refractivity contribution in [2.75, 3.05) is 6.61 Å². The van der Waals surface area contributed by atoms with Crippen molar-refractivity contribution < 1.29 is 14.6 Å². The first-order valence-corrected chi connectivity index (χ1v) is 3.29. The molecule has 60 valence electrons. The Labute approximate surface area is 74.3 Å². The van der Waals surface area contributed by atoms with Gasteiger partial charge in [-0.15, -0.1) is 12.8 Å². The Morgan fingerprint density at radius 1 is 1.67 bits per heavy atom. The van der Waals surface area contributed by atoms with E-state index in [1.165, 1.54) is 0 Å². The third-order valence-electron chi connectivity index (χ3n) is 1.42. The van der Waals surface area contributed by atoms with Crippen LogP contribution in [0.2, 0.25) is 5.21 Å². The summed E-state index contributed by atoms with van der Waals surface area (Å²) in [5.41, 5.74) is 0. The minimum atomic E-state index is -1.40. The van der Waals surface area contributed by atoms with E-state index in [-0.39, 0.29) is 13.0 Å². The van der Waals surface area contributed by atoms with Crippen molar-refractivity contribution in [3.05, 3.63) is 0 Å². The molecule has 1 rings (SSSR count). The summed E-state index contributed by atoms with van der Waals surface area (Å²) >= 11 is 0. The predicted molar refractivity (Wildman–Crippen MR) is 45.7 cm³/mol. The van der Waals surface area contributed by atoms with Gasteiger partial charge in [-0.25, -0.2) is 0 Å². The van der Waals surface area contributed by atoms with Gasteiger partial charge in [-0.05, 0) is 11.6 Å². The molecule has 1 unspecified atom stereocenters. The van der Waals surface area contributed by atoms with Gasteiger partial charge in [0, 0.05) is 0 Å². The third kappa shape index (κ3) is 2.31. The molecule has 1 fully saturated rings.